The average molecular weight is 761 g/mol. The van der Waals surface area contributed by atoms with E-state index in [1.54, 1.807) is 24.3 Å². The molecular formula is C39H44N4O8S2. The van der Waals surface area contributed by atoms with Crippen LogP contribution in [0.2, 0.25) is 0 Å². The lowest BCUT2D eigenvalue weighted by Gasteiger charge is -2.38. The number of H-pyrrole nitrogens is 1. The molecule has 0 bridgehead atoms. The van der Waals surface area contributed by atoms with Crippen molar-refractivity contribution < 1.29 is 34.4 Å². The molecular weight excluding hydrogens is 717 g/mol. The molecule has 53 heavy (non-hydrogen) atoms. The molecule has 1 aliphatic carbocycles. The van der Waals surface area contributed by atoms with Gasteiger partial charge in [0.1, 0.15) is 11.5 Å². The van der Waals surface area contributed by atoms with Crippen LogP contribution in [0.1, 0.15) is 52.7 Å². The number of carbonyl (C=O) groups is 2. The van der Waals surface area contributed by atoms with Crippen molar-refractivity contribution in [2.75, 3.05) is 33.3 Å². The summed E-state index contributed by atoms with van der Waals surface area (Å²) in [6.07, 6.45) is 2.20. The monoisotopic (exact) mass is 760 g/mol. The van der Waals surface area contributed by atoms with Crippen LogP contribution in [0.25, 0.3) is 10.9 Å². The van der Waals surface area contributed by atoms with Gasteiger partial charge in [-0.25, -0.2) is 4.79 Å². The third kappa shape index (κ3) is 9.15. The molecule has 280 valence electrons. The second-order valence-corrected chi connectivity index (χ2v) is 15.1. The fourth-order valence-corrected chi connectivity index (χ4v) is 8.59. The molecule has 3 aromatic heterocycles. The van der Waals surface area contributed by atoms with Crippen molar-refractivity contribution in [2.24, 2.45) is 0 Å². The van der Waals surface area contributed by atoms with Crippen LogP contribution in [-0.2, 0) is 26.5 Å². The Morgan fingerprint density at radius 1 is 0.981 bits per heavy atom. The summed E-state index contributed by atoms with van der Waals surface area (Å²) < 4.78 is 12.2. The number of aliphatic hydroxyl groups excluding tert-OH is 1. The van der Waals surface area contributed by atoms with Crippen molar-refractivity contribution in [1.82, 2.24) is 20.5 Å². The highest BCUT2D eigenvalue weighted by atomic mass is 32.1. The van der Waals surface area contributed by atoms with E-state index in [-0.39, 0.29) is 36.5 Å². The molecule has 1 amide bonds. The predicted octanol–water partition coefficient (Wildman–Crippen LogP) is 4.96. The zero-order valence-corrected chi connectivity index (χ0v) is 31.0. The summed E-state index contributed by atoms with van der Waals surface area (Å²) in [4.78, 5) is 43.1. The fraction of sp³-hybridized carbons (Fsp3) is 0.359. The van der Waals surface area contributed by atoms with E-state index < -0.39 is 17.7 Å². The summed E-state index contributed by atoms with van der Waals surface area (Å²) >= 11 is 2.79. The molecule has 0 radical (unpaired) electrons. The van der Waals surface area contributed by atoms with Crippen LogP contribution in [0.4, 0.5) is 0 Å². The molecule has 6 N–H and O–H groups in total. The number of benzene rings is 2. The van der Waals surface area contributed by atoms with Gasteiger partial charge in [0, 0.05) is 43.7 Å². The van der Waals surface area contributed by atoms with Crippen LogP contribution in [0, 0.1) is 0 Å². The lowest BCUT2D eigenvalue weighted by atomic mass is 9.90. The number of aromatic nitrogens is 1. The van der Waals surface area contributed by atoms with E-state index >= 15 is 0 Å². The number of aromatic amines is 1. The van der Waals surface area contributed by atoms with Gasteiger partial charge in [-0.2, -0.15) is 0 Å². The first-order valence-electron chi connectivity index (χ1n) is 17.6. The van der Waals surface area contributed by atoms with E-state index in [2.05, 4.69) is 20.5 Å². The highest BCUT2D eigenvalue weighted by Gasteiger charge is 2.48. The van der Waals surface area contributed by atoms with E-state index in [1.165, 1.54) is 34.8 Å². The number of aromatic hydroxyl groups is 1. The number of phenols is 1. The number of thiophene rings is 2. The molecule has 5 aromatic rings. The van der Waals surface area contributed by atoms with Crippen LogP contribution in [0.3, 0.4) is 0 Å². The van der Waals surface area contributed by atoms with Crippen LogP contribution in [-0.4, -0.2) is 82.5 Å². The first-order valence-corrected chi connectivity index (χ1v) is 19.3. The van der Waals surface area contributed by atoms with Gasteiger partial charge in [-0.1, -0.05) is 30.3 Å². The number of ether oxygens (including phenoxy) is 2. The standard InChI is InChI=1S/C39H44N4O8S2/c1-43(26-8-12-28(13-9-26)51-39(38(48)49,33-4-2-20-52-33)34-5-3-21-53-34)19-18-41-36(47)24-50-27-10-6-25(7-11-27)22-40-23-32(45)29-14-16-31(44)37-30(29)15-17-35(46)42-37/h2-7,10-11,14-17,20-21,26,28,32,40,44-45H,8-9,12-13,18-19,22-24H2,1H3,(H,41,47)(H,42,46)(H,48,49)/t26?,28?,32-/m0/s1. The molecule has 12 nitrogen and oxygen atoms in total. The van der Waals surface area contributed by atoms with Crippen molar-refractivity contribution in [2.45, 2.75) is 56.1 Å². The number of carboxylic acids is 1. The third-order valence-corrected chi connectivity index (χ3v) is 11.6. The number of carbonyl (C=O) groups excluding carboxylic acids is 1. The third-order valence-electron chi connectivity index (χ3n) is 9.66. The summed E-state index contributed by atoms with van der Waals surface area (Å²) in [7, 11) is 2.04. The summed E-state index contributed by atoms with van der Waals surface area (Å²) in [6.45, 7) is 1.77. The number of aliphatic hydroxyl groups is 1. The van der Waals surface area contributed by atoms with Gasteiger partial charge in [-0.3, -0.25) is 9.59 Å². The Morgan fingerprint density at radius 2 is 1.68 bits per heavy atom. The first-order chi connectivity index (χ1) is 25.6. The van der Waals surface area contributed by atoms with Gasteiger partial charge < -0.3 is 45.3 Å². The smallest absolute Gasteiger partial charge is 0.347 e. The zero-order chi connectivity index (χ0) is 37.4. The summed E-state index contributed by atoms with van der Waals surface area (Å²) in [5.74, 6) is -0.704. The molecule has 0 spiro atoms. The van der Waals surface area contributed by atoms with Gasteiger partial charge >= 0.3 is 5.97 Å². The van der Waals surface area contributed by atoms with Crippen molar-refractivity contribution in [3.63, 3.8) is 0 Å². The van der Waals surface area contributed by atoms with Gasteiger partial charge in [-0.05, 0) is 91.0 Å². The Morgan fingerprint density at radius 3 is 2.32 bits per heavy atom. The number of hydrogen-bond acceptors (Lipinski definition) is 11. The van der Waals surface area contributed by atoms with Crippen molar-refractivity contribution >= 4 is 45.5 Å². The number of aliphatic carboxylic acids is 1. The maximum Gasteiger partial charge on any atom is 0.347 e. The molecule has 0 unspecified atom stereocenters. The van der Waals surface area contributed by atoms with E-state index in [0.29, 0.717) is 57.6 Å². The Balaban J connectivity index is 0.884. The lowest BCUT2D eigenvalue weighted by molar-refractivity contribution is -0.170. The minimum atomic E-state index is -1.50. The highest BCUT2D eigenvalue weighted by Crippen LogP contribution is 2.42. The number of hydrogen-bond donors (Lipinski definition) is 6. The number of pyridine rings is 1. The number of rotatable bonds is 17. The molecule has 1 aliphatic rings. The van der Waals surface area contributed by atoms with Gasteiger partial charge in [0.15, 0.2) is 6.61 Å². The van der Waals surface area contributed by atoms with Crippen LogP contribution >= 0.6 is 22.7 Å². The maximum absolute atomic E-state index is 12.7. The van der Waals surface area contributed by atoms with Crippen LogP contribution in [0.5, 0.6) is 11.5 Å². The van der Waals surface area contributed by atoms with Gasteiger partial charge in [0.05, 0.1) is 27.5 Å². The quantitative estimate of drug-likeness (QED) is 0.0761. The average Bonchev–Trinajstić information content (AvgIpc) is 3.90. The van der Waals surface area contributed by atoms with Gasteiger partial charge in [-0.15, -0.1) is 22.7 Å². The fourth-order valence-electron chi connectivity index (χ4n) is 6.78. The predicted molar refractivity (Wildman–Crippen MR) is 205 cm³/mol. The molecule has 3 heterocycles. The number of fused-ring (bicyclic) bond motifs is 1. The van der Waals surface area contributed by atoms with E-state index in [9.17, 15) is 29.7 Å². The number of phenolic OH excluding ortho intramolecular Hbond substituents is 1. The Kier molecular flexibility index (Phi) is 12.6. The van der Waals surface area contributed by atoms with Gasteiger partial charge in [0.25, 0.3) is 5.91 Å². The molecule has 0 saturated heterocycles. The molecule has 1 saturated carbocycles. The van der Waals surface area contributed by atoms with Gasteiger partial charge in [0.2, 0.25) is 11.2 Å². The van der Waals surface area contributed by atoms with E-state index in [4.69, 9.17) is 9.47 Å². The van der Waals surface area contributed by atoms with E-state index in [1.807, 2.05) is 54.2 Å². The minimum Gasteiger partial charge on any atom is -0.506 e. The minimum absolute atomic E-state index is 0.0568. The Labute approximate surface area is 315 Å². The number of amides is 1. The Bertz CT molecular complexity index is 1980. The zero-order valence-electron chi connectivity index (χ0n) is 29.3. The van der Waals surface area contributed by atoms with Crippen molar-refractivity contribution in [1.29, 1.82) is 0 Å². The van der Waals surface area contributed by atoms with E-state index in [0.717, 1.165) is 31.2 Å². The first kappa shape index (κ1) is 38.2. The second kappa shape index (κ2) is 17.5. The van der Waals surface area contributed by atoms with Crippen molar-refractivity contribution in [3.05, 3.63) is 115 Å². The maximum atomic E-state index is 12.7. The topological polar surface area (TPSA) is 173 Å². The number of nitrogens with one attached hydrogen (secondary N) is 3. The Hall–Kier alpha value is -4.57. The number of likely N-dealkylation sites (N-methyl/N-ethyl adjacent to an activating group) is 1. The largest absolute Gasteiger partial charge is 0.506 e. The molecule has 6 rings (SSSR count). The molecule has 0 aliphatic heterocycles. The molecule has 1 atom stereocenters. The molecule has 1 fully saturated rings. The lowest BCUT2D eigenvalue weighted by Crippen LogP contribution is -2.45. The summed E-state index contributed by atoms with van der Waals surface area (Å²) in [5.41, 5.74) is 0.00999. The SMILES string of the molecule is CN(CCNC(=O)COc1ccc(CNC[C@H](O)c2ccc(O)c3[nH]c(=O)ccc23)cc1)C1CCC(OC(C(=O)O)(c2cccs2)c2cccs2)CC1. The summed E-state index contributed by atoms with van der Waals surface area (Å²) in [6, 6.07) is 21.1. The van der Waals surface area contributed by atoms with Crippen molar-refractivity contribution in [3.8, 4) is 11.5 Å². The molecule has 14 heteroatoms. The number of nitrogens with zero attached hydrogens (tertiary/aromatic N) is 1. The normalized spacial score (nSPS) is 16.8. The number of carboxylic acid groups (broad SMARTS) is 1. The second-order valence-electron chi connectivity index (χ2n) is 13.2. The summed E-state index contributed by atoms with van der Waals surface area (Å²) in [5, 5.41) is 41.8. The highest BCUT2D eigenvalue weighted by molar-refractivity contribution is 7.12. The molecule has 2 aromatic carbocycles. The van der Waals surface area contributed by atoms with Crippen LogP contribution in [0.15, 0.2) is 88.4 Å². The van der Waals surface area contributed by atoms with Crippen LogP contribution < -0.4 is 20.9 Å².